The molecule has 0 aliphatic carbocycles. The number of nitrogens with zero attached hydrogens (tertiary/aromatic N) is 3. The molecule has 3 atom stereocenters. The van der Waals surface area contributed by atoms with Crippen molar-refractivity contribution in [1.82, 2.24) is 0 Å². The number of benzene rings is 1. The zero-order valence-electron chi connectivity index (χ0n) is 13.2. The van der Waals surface area contributed by atoms with Crippen molar-refractivity contribution in [2.24, 2.45) is 11.0 Å². The van der Waals surface area contributed by atoms with E-state index in [9.17, 15) is 4.79 Å². The number of methoxy groups -OCH3 is 1. The normalized spacial score (nSPS) is 22.1. The molecular weight excluding hydrogens is 296 g/mol. The number of carbonyl (C=O) groups excluding carboxylic acids is 1. The molecule has 1 aromatic rings. The molecule has 0 fully saturated rings. The lowest BCUT2D eigenvalue weighted by Gasteiger charge is -2.37. The van der Waals surface area contributed by atoms with Crippen LogP contribution in [0.25, 0.3) is 10.4 Å². The van der Waals surface area contributed by atoms with E-state index >= 15 is 0 Å². The van der Waals surface area contributed by atoms with E-state index in [4.69, 9.17) is 15.0 Å². The minimum atomic E-state index is -0.593. The molecule has 1 aliphatic rings. The first kappa shape index (κ1) is 16.7. The van der Waals surface area contributed by atoms with Gasteiger partial charge in [-0.1, -0.05) is 11.2 Å². The van der Waals surface area contributed by atoms with Crippen molar-refractivity contribution in [3.63, 3.8) is 0 Å². The van der Waals surface area contributed by atoms with Crippen LogP contribution in [0.1, 0.15) is 24.9 Å². The predicted molar refractivity (Wildman–Crippen MR) is 87.2 cm³/mol. The lowest BCUT2D eigenvalue weighted by Crippen LogP contribution is -2.44. The van der Waals surface area contributed by atoms with Crippen molar-refractivity contribution in [3.05, 3.63) is 46.9 Å². The fourth-order valence-electron chi connectivity index (χ4n) is 2.86. The molecule has 2 rings (SSSR count). The highest BCUT2D eigenvalue weighted by Crippen LogP contribution is 2.43. The number of nitrogens with one attached hydrogen (secondary N) is 1. The van der Waals surface area contributed by atoms with Crippen LogP contribution in [-0.4, -0.2) is 25.7 Å². The topological polar surface area (TPSA) is 96.3 Å². The Bertz CT molecular complexity index is 640. The fourth-order valence-corrected chi connectivity index (χ4v) is 2.86. The minimum absolute atomic E-state index is 0.276. The van der Waals surface area contributed by atoms with Gasteiger partial charge in [-0.2, -0.15) is 0 Å². The van der Waals surface area contributed by atoms with Gasteiger partial charge in [0.1, 0.15) is 11.8 Å². The molecule has 1 heterocycles. The first-order valence-electron chi connectivity index (χ1n) is 7.42. The number of allylic oxidation sites excluding steroid dienone is 1. The van der Waals surface area contributed by atoms with Crippen LogP contribution < -0.4 is 10.1 Å². The molecule has 1 aromatic carbocycles. The highest BCUT2D eigenvalue weighted by Gasteiger charge is 2.40. The highest BCUT2D eigenvalue weighted by molar-refractivity contribution is 5.82. The minimum Gasteiger partial charge on any atom is -0.497 e. The summed E-state index contributed by atoms with van der Waals surface area (Å²) < 4.78 is 10.4. The second-order valence-electron chi connectivity index (χ2n) is 5.17. The van der Waals surface area contributed by atoms with Crippen molar-refractivity contribution in [2.45, 2.75) is 25.4 Å². The summed E-state index contributed by atoms with van der Waals surface area (Å²) in [5.74, 6) is 0.0247. The number of hydrogen-bond acceptors (Lipinski definition) is 5. The van der Waals surface area contributed by atoms with Gasteiger partial charge in [-0.25, -0.2) is 4.79 Å². The molecular formula is C16H20N4O3. The van der Waals surface area contributed by atoms with Gasteiger partial charge in [0, 0.05) is 16.5 Å². The number of azide groups is 1. The quantitative estimate of drug-likeness (QED) is 0.285. The van der Waals surface area contributed by atoms with Crippen LogP contribution in [0.15, 0.2) is 36.0 Å². The van der Waals surface area contributed by atoms with Gasteiger partial charge in [-0.15, -0.1) is 6.58 Å². The van der Waals surface area contributed by atoms with Crippen molar-refractivity contribution in [2.75, 3.05) is 19.0 Å². The molecule has 23 heavy (non-hydrogen) atoms. The smallest absolute Gasteiger partial charge is 0.328 e. The zero-order valence-corrected chi connectivity index (χ0v) is 13.2. The van der Waals surface area contributed by atoms with E-state index in [0.717, 1.165) is 11.3 Å². The largest absolute Gasteiger partial charge is 0.497 e. The molecule has 0 aromatic heterocycles. The zero-order chi connectivity index (χ0) is 16.8. The first-order chi connectivity index (χ1) is 11.2. The van der Waals surface area contributed by atoms with E-state index in [-0.39, 0.29) is 11.9 Å². The number of anilines is 1. The van der Waals surface area contributed by atoms with Gasteiger partial charge in [0.15, 0.2) is 0 Å². The van der Waals surface area contributed by atoms with Crippen LogP contribution in [-0.2, 0) is 9.53 Å². The SMILES string of the molecule is C=CCC1C(C(=O)OCC)Nc2ccc(OC)cc2C1N=[N+]=[N-]. The van der Waals surface area contributed by atoms with Crippen LogP contribution in [0.5, 0.6) is 5.75 Å². The van der Waals surface area contributed by atoms with E-state index in [0.29, 0.717) is 18.8 Å². The summed E-state index contributed by atoms with van der Waals surface area (Å²) in [7, 11) is 1.57. The number of fused-ring (bicyclic) bond motifs is 1. The number of carbonyl (C=O) groups is 1. The van der Waals surface area contributed by atoms with Crippen molar-refractivity contribution >= 4 is 11.7 Å². The average Bonchev–Trinajstić information content (AvgIpc) is 2.56. The molecule has 0 radical (unpaired) electrons. The Morgan fingerprint density at radius 3 is 2.96 bits per heavy atom. The standard InChI is InChI=1S/C16H20N4O3/c1-4-6-11-14(19-20-17)12-9-10(22-3)7-8-13(12)18-15(11)16(21)23-5-2/h4,7-9,11,14-15,18H,1,5-6H2,2-3H3. The fraction of sp³-hybridized carbons (Fsp3) is 0.438. The second-order valence-corrected chi connectivity index (χ2v) is 5.17. The molecule has 122 valence electrons. The summed E-state index contributed by atoms with van der Waals surface area (Å²) >= 11 is 0. The van der Waals surface area contributed by atoms with Gasteiger partial charge in [0.05, 0.1) is 19.8 Å². The van der Waals surface area contributed by atoms with Gasteiger partial charge in [-0.05, 0) is 42.6 Å². The molecule has 7 heteroatoms. The maximum atomic E-state index is 12.3. The molecule has 0 bridgehead atoms. The van der Waals surface area contributed by atoms with Crippen molar-refractivity contribution in [3.8, 4) is 5.75 Å². The van der Waals surface area contributed by atoms with Crippen LogP contribution in [0.3, 0.4) is 0 Å². The lowest BCUT2D eigenvalue weighted by atomic mass is 9.80. The third kappa shape index (κ3) is 3.40. The molecule has 0 amide bonds. The number of ether oxygens (including phenoxy) is 2. The van der Waals surface area contributed by atoms with Crippen molar-refractivity contribution in [1.29, 1.82) is 0 Å². The van der Waals surface area contributed by atoms with Crippen molar-refractivity contribution < 1.29 is 14.3 Å². The third-order valence-corrected chi connectivity index (χ3v) is 3.88. The average molecular weight is 316 g/mol. The van der Waals surface area contributed by atoms with Crippen LogP contribution in [0.2, 0.25) is 0 Å². The lowest BCUT2D eigenvalue weighted by molar-refractivity contribution is -0.145. The first-order valence-corrected chi connectivity index (χ1v) is 7.42. The van der Waals surface area contributed by atoms with Gasteiger partial charge in [0.2, 0.25) is 0 Å². The number of rotatable bonds is 6. The number of hydrogen-bond donors (Lipinski definition) is 1. The summed E-state index contributed by atoms with van der Waals surface area (Å²) in [6.45, 7) is 5.79. The van der Waals surface area contributed by atoms with Gasteiger partial charge < -0.3 is 14.8 Å². The van der Waals surface area contributed by atoms with Crippen LogP contribution in [0, 0.1) is 5.92 Å². The van der Waals surface area contributed by atoms with E-state index in [2.05, 4.69) is 21.9 Å². The maximum Gasteiger partial charge on any atom is 0.328 e. The molecule has 1 aliphatic heterocycles. The van der Waals surface area contributed by atoms with Gasteiger partial charge in [0.25, 0.3) is 0 Å². The van der Waals surface area contributed by atoms with Crippen LogP contribution in [0.4, 0.5) is 5.69 Å². The van der Waals surface area contributed by atoms with E-state index < -0.39 is 12.1 Å². The summed E-state index contributed by atoms with van der Waals surface area (Å²) in [6, 6.07) is 4.32. The number of esters is 1. The molecule has 1 N–H and O–H groups in total. The molecule has 0 spiro atoms. The summed E-state index contributed by atoms with van der Waals surface area (Å²) in [6.07, 6.45) is 2.22. The molecule has 0 saturated carbocycles. The summed E-state index contributed by atoms with van der Waals surface area (Å²) in [4.78, 5) is 15.2. The Balaban J connectivity index is 2.51. The third-order valence-electron chi connectivity index (χ3n) is 3.88. The highest BCUT2D eigenvalue weighted by atomic mass is 16.5. The molecule has 7 nitrogen and oxygen atoms in total. The predicted octanol–water partition coefficient (Wildman–Crippen LogP) is 3.60. The Labute approximate surface area is 134 Å². The summed E-state index contributed by atoms with van der Waals surface area (Å²) in [5.41, 5.74) is 10.5. The van der Waals surface area contributed by atoms with Crippen LogP contribution >= 0.6 is 0 Å². The Morgan fingerprint density at radius 2 is 2.35 bits per heavy atom. The maximum absolute atomic E-state index is 12.3. The molecule has 3 unspecified atom stereocenters. The Hall–Kier alpha value is -2.66. The monoisotopic (exact) mass is 316 g/mol. The van der Waals surface area contributed by atoms with Gasteiger partial charge >= 0.3 is 5.97 Å². The molecule has 0 saturated heterocycles. The Kier molecular flexibility index (Phi) is 5.49. The second kappa shape index (κ2) is 7.56. The summed E-state index contributed by atoms with van der Waals surface area (Å²) in [5, 5.41) is 7.12. The Morgan fingerprint density at radius 1 is 1.57 bits per heavy atom. The van der Waals surface area contributed by atoms with E-state index in [1.807, 2.05) is 12.1 Å². The van der Waals surface area contributed by atoms with E-state index in [1.165, 1.54) is 0 Å². The van der Waals surface area contributed by atoms with E-state index in [1.54, 1.807) is 26.2 Å². The van der Waals surface area contributed by atoms with Gasteiger partial charge in [-0.3, -0.25) is 0 Å².